The van der Waals surface area contributed by atoms with Crippen LogP contribution in [-0.2, 0) is 19.6 Å². The van der Waals surface area contributed by atoms with Crippen molar-refractivity contribution in [3.8, 4) is 0 Å². The van der Waals surface area contributed by atoms with E-state index in [1.54, 1.807) is 32.0 Å². The van der Waals surface area contributed by atoms with Crippen LogP contribution in [0.3, 0.4) is 0 Å². The highest BCUT2D eigenvalue weighted by Crippen LogP contribution is 2.41. The van der Waals surface area contributed by atoms with E-state index >= 15 is 0 Å². The number of sulfonamides is 1. The van der Waals surface area contributed by atoms with Crippen LogP contribution in [0.2, 0.25) is 0 Å². The maximum absolute atomic E-state index is 12.8. The first-order valence-electron chi connectivity index (χ1n) is 7.98. The summed E-state index contributed by atoms with van der Waals surface area (Å²) >= 11 is 0. The maximum Gasteiger partial charge on any atom is 0.265 e. The number of hydrogen-bond donors (Lipinski definition) is 2. The molecule has 0 bridgehead atoms. The molecule has 0 aromatic heterocycles. The summed E-state index contributed by atoms with van der Waals surface area (Å²) in [5, 5.41) is 6.56. The van der Waals surface area contributed by atoms with Gasteiger partial charge in [-0.05, 0) is 31.4 Å². The summed E-state index contributed by atoms with van der Waals surface area (Å²) < 4.78 is 26.7. The van der Waals surface area contributed by atoms with E-state index in [1.807, 2.05) is 12.1 Å². The van der Waals surface area contributed by atoms with Crippen LogP contribution in [0.4, 0.5) is 5.69 Å². The van der Waals surface area contributed by atoms with Gasteiger partial charge in [0.2, 0.25) is 11.8 Å². The first kappa shape index (κ1) is 17.2. The molecule has 2 aromatic carbocycles. The molecule has 0 fully saturated rings. The van der Waals surface area contributed by atoms with Crippen LogP contribution in [0, 0.1) is 0 Å². The van der Waals surface area contributed by atoms with E-state index in [4.69, 9.17) is 0 Å². The molecule has 7 nitrogen and oxygen atoms in total. The average molecular weight is 361 g/mol. The number of nitrogens with one attached hydrogen (secondary N) is 2. The van der Waals surface area contributed by atoms with E-state index in [0.29, 0.717) is 17.6 Å². The van der Waals surface area contributed by atoms with Gasteiger partial charge in [-0.1, -0.05) is 24.3 Å². The molecular formula is C17H19N3O4S. The smallest absolute Gasteiger partial charge is 0.265 e. The molecule has 8 heteroatoms. The van der Waals surface area contributed by atoms with Crippen LogP contribution in [0.5, 0.6) is 0 Å². The van der Waals surface area contributed by atoms with E-state index in [1.165, 1.54) is 6.07 Å². The summed E-state index contributed by atoms with van der Waals surface area (Å²) in [6.45, 7) is 3.41. The van der Waals surface area contributed by atoms with Crippen molar-refractivity contribution in [2.24, 2.45) is 0 Å². The van der Waals surface area contributed by atoms with Gasteiger partial charge in [0.1, 0.15) is 12.6 Å². The fourth-order valence-electron chi connectivity index (χ4n) is 2.94. The van der Waals surface area contributed by atoms with Crippen molar-refractivity contribution in [2.75, 3.05) is 17.4 Å². The highest BCUT2D eigenvalue weighted by molar-refractivity contribution is 7.93. The molecule has 0 saturated heterocycles. The molecule has 0 saturated carbocycles. The largest absolute Gasteiger partial charge is 0.355 e. The predicted molar refractivity (Wildman–Crippen MR) is 94.8 cm³/mol. The Morgan fingerprint density at radius 1 is 1.16 bits per heavy atom. The summed E-state index contributed by atoms with van der Waals surface area (Å²) in [6, 6.07) is 9.57. The molecule has 132 valence electrons. The van der Waals surface area contributed by atoms with Crippen LogP contribution in [0.1, 0.15) is 13.8 Å². The zero-order valence-corrected chi connectivity index (χ0v) is 14.8. The first-order chi connectivity index (χ1) is 11.9. The highest BCUT2D eigenvalue weighted by Gasteiger charge is 2.36. The Balaban J connectivity index is 1.86. The summed E-state index contributed by atoms with van der Waals surface area (Å²) in [6.07, 6.45) is 0. The molecule has 0 unspecified atom stereocenters. The van der Waals surface area contributed by atoms with Crippen molar-refractivity contribution in [3.05, 3.63) is 36.4 Å². The Hall–Kier alpha value is -2.61. The number of nitrogens with zero attached hydrogens (tertiary/aromatic N) is 1. The molecule has 1 aliphatic rings. The van der Waals surface area contributed by atoms with E-state index < -0.39 is 22.0 Å². The first-order valence-corrected chi connectivity index (χ1v) is 9.42. The molecule has 0 spiro atoms. The molecule has 2 aromatic rings. The third-order valence-electron chi connectivity index (χ3n) is 4.09. The molecule has 1 aliphatic heterocycles. The lowest BCUT2D eigenvalue weighted by molar-refractivity contribution is -0.127. The maximum atomic E-state index is 12.8. The average Bonchev–Trinajstić information content (AvgIpc) is 2.78. The molecule has 1 atom stereocenters. The fourth-order valence-corrected chi connectivity index (χ4v) is 4.61. The van der Waals surface area contributed by atoms with Crippen LogP contribution < -0.4 is 14.9 Å². The quantitative estimate of drug-likeness (QED) is 0.830. The molecule has 0 radical (unpaired) electrons. The predicted octanol–water partition coefficient (Wildman–Crippen LogP) is 0.989. The van der Waals surface area contributed by atoms with Gasteiger partial charge in [-0.15, -0.1) is 0 Å². The second-order valence-corrected chi connectivity index (χ2v) is 7.66. The van der Waals surface area contributed by atoms with Gasteiger partial charge in [0.25, 0.3) is 10.0 Å². The number of hydrogen-bond acceptors (Lipinski definition) is 4. The molecule has 25 heavy (non-hydrogen) atoms. The molecule has 3 rings (SSSR count). The number of amides is 2. The number of anilines is 1. The summed E-state index contributed by atoms with van der Waals surface area (Å²) in [7, 11) is -3.79. The van der Waals surface area contributed by atoms with Crippen molar-refractivity contribution >= 4 is 38.3 Å². The Morgan fingerprint density at radius 3 is 2.52 bits per heavy atom. The van der Waals surface area contributed by atoms with Gasteiger partial charge in [-0.25, -0.2) is 8.42 Å². The zero-order chi connectivity index (χ0) is 18.2. The topological polar surface area (TPSA) is 95.6 Å². The van der Waals surface area contributed by atoms with Gasteiger partial charge in [0, 0.05) is 11.9 Å². The standard InChI is InChI=1S/C17H19N3O4S/c1-3-18-17(22)11(2)19-15(21)10-20-13-8-4-6-12-7-5-9-14(16(12)13)25(20,23)24/h4-9,11H,3,10H2,1-2H3,(H,18,22)(H,19,21)/t11-/m0/s1. The monoisotopic (exact) mass is 361 g/mol. The minimum Gasteiger partial charge on any atom is -0.355 e. The molecule has 2 N–H and O–H groups in total. The summed E-state index contributed by atoms with van der Waals surface area (Å²) in [5.74, 6) is -0.849. The number of rotatable bonds is 5. The van der Waals surface area contributed by atoms with Gasteiger partial charge in [0.15, 0.2) is 0 Å². The van der Waals surface area contributed by atoms with Gasteiger partial charge in [-0.3, -0.25) is 13.9 Å². The minimum absolute atomic E-state index is 0.199. The zero-order valence-electron chi connectivity index (χ0n) is 13.9. The molecule has 1 heterocycles. The van der Waals surface area contributed by atoms with E-state index in [2.05, 4.69) is 10.6 Å². The third kappa shape index (κ3) is 2.93. The fraction of sp³-hybridized carbons (Fsp3) is 0.294. The summed E-state index contributed by atoms with van der Waals surface area (Å²) in [5.41, 5.74) is 0.480. The van der Waals surface area contributed by atoms with E-state index in [9.17, 15) is 18.0 Å². The van der Waals surface area contributed by atoms with Gasteiger partial charge < -0.3 is 10.6 Å². The van der Waals surface area contributed by atoms with Gasteiger partial charge in [0.05, 0.1) is 10.6 Å². The number of carbonyl (C=O) groups excluding carboxylic acids is 2. The van der Waals surface area contributed by atoms with E-state index in [-0.39, 0.29) is 17.3 Å². The molecular weight excluding hydrogens is 342 g/mol. The van der Waals surface area contributed by atoms with Crippen LogP contribution >= 0.6 is 0 Å². The van der Waals surface area contributed by atoms with Crippen LogP contribution in [0.25, 0.3) is 10.8 Å². The lowest BCUT2D eigenvalue weighted by Gasteiger charge is -2.20. The van der Waals surface area contributed by atoms with Gasteiger partial charge in [-0.2, -0.15) is 0 Å². The molecule has 0 aliphatic carbocycles. The van der Waals surface area contributed by atoms with Crippen LogP contribution in [0.15, 0.2) is 41.3 Å². The Kier molecular flexibility index (Phi) is 4.38. The second kappa shape index (κ2) is 6.36. The molecule has 2 amide bonds. The SMILES string of the molecule is CCNC(=O)[C@H](C)NC(=O)CN1c2cccc3cccc(c23)S1(=O)=O. The van der Waals surface area contributed by atoms with Crippen molar-refractivity contribution < 1.29 is 18.0 Å². The number of benzene rings is 2. The lowest BCUT2D eigenvalue weighted by atomic mass is 10.1. The number of likely N-dealkylation sites (N-methyl/N-ethyl adjacent to an activating group) is 1. The summed E-state index contributed by atoms with van der Waals surface area (Å²) in [4.78, 5) is 24.2. The highest BCUT2D eigenvalue weighted by atomic mass is 32.2. The Bertz CT molecular complexity index is 950. The lowest BCUT2D eigenvalue weighted by Crippen LogP contribution is -2.48. The second-order valence-electron chi connectivity index (χ2n) is 5.83. The third-order valence-corrected chi connectivity index (χ3v) is 5.89. The van der Waals surface area contributed by atoms with Crippen molar-refractivity contribution in [1.29, 1.82) is 0 Å². The normalized spacial score (nSPS) is 15.8. The minimum atomic E-state index is -3.79. The van der Waals surface area contributed by atoms with Crippen LogP contribution in [-0.4, -0.2) is 39.4 Å². The number of carbonyl (C=O) groups is 2. The Morgan fingerprint density at radius 2 is 1.84 bits per heavy atom. The van der Waals surface area contributed by atoms with Crippen molar-refractivity contribution in [1.82, 2.24) is 10.6 Å². The van der Waals surface area contributed by atoms with Gasteiger partial charge >= 0.3 is 0 Å². The van der Waals surface area contributed by atoms with Crippen molar-refractivity contribution in [2.45, 2.75) is 24.8 Å². The Labute approximate surface area is 146 Å². The van der Waals surface area contributed by atoms with E-state index in [0.717, 1.165) is 9.69 Å². The van der Waals surface area contributed by atoms with Crippen molar-refractivity contribution in [3.63, 3.8) is 0 Å².